The minimum Gasteiger partial charge on any atom is -0.343 e. The van der Waals surface area contributed by atoms with Crippen molar-refractivity contribution in [2.24, 2.45) is 0 Å². The van der Waals surface area contributed by atoms with Gasteiger partial charge in [0.15, 0.2) is 5.69 Å². The van der Waals surface area contributed by atoms with Crippen LogP contribution in [0.3, 0.4) is 0 Å². The average Bonchev–Trinajstić information content (AvgIpc) is 3.10. The first-order valence-corrected chi connectivity index (χ1v) is 8.27. The van der Waals surface area contributed by atoms with Gasteiger partial charge in [0.2, 0.25) is 11.9 Å². The average molecular weight is 453 g/mol. The Balaban J connectivity index is 2.02. The van der Waals surface area contributed by atoms with Crippen LogP contribution in [0.15, 0.2) is 30.5 Å². The first-order chi connectivity index (χ1) is 14.3. The monoisotopic (exact) mass is 453 g/mol. The normalized spacial score (nSPS) is 13.2. The molecule has 0 aliphatic heterocycles. The molecule has 2 heterocycles. The smallest absolute Gasteiger partial charge is 0.343 e. The third-order valence-electron chi connectivity index (χ3n) is 3.66. The SMILES string of the molecule is C[C@H](Nc1nc(Nc2cc(F)cc(F)c2)nc(-n2ccc(C(F)(F)F)n2)n1)C(F)(F)F. The van der Waals surface area contributed by atoms with Gasteiger partial charge in [-0.25, -0.2) is 13.5 Å². The van der Waals surface area contributed by atoms with Crippen LogP contribution in [0.25, 0.3) is 5.95 Å². The molecule has 2 aromatic heterocycles. The molecule has 0 saturated heterocycles. The molecule has 1 aromatic carbocycles. The third kappa shape index (κ3) is 5.55. The highest BCUT2D eigenvalue weighted by atomic mass is 19.4. The Kier molecular flexibility index (Phi) is 5.69. The first kappa shape index (κ1) is 22.2. The van der Waals surface area contributed by atoms with Crippen molar-refractivity contribution < 1.29 is 35.1 Å². The largest absolute Gasteiger partial charge is 0.435 e. The maximum atomic E-state index is 13.4. The summed E-state index contributed by atoms with van der Waals surface area (Å²) in [4.78, 5) is 11.1. The summed E-state index contributed by atoms with van der Waals surface area (Å²) in [6.45, 7) is 0.758. The van der Waals surface area contributed by atoms with E-state index in [4.69, 9.17) is 0 Å². The zero-order chi connectivity index (χ0) is 23.0. The van der Waals surface area contributed by atoms with Gasteiger partial charge in [-0.3, -0.25) is 0 Å². The molecule has 2 N–H and O–H groups in total. The maximum absolute atomic E-state index is 13.4. The van der Waals surface area contributed by atoms with Crippen molar-refractivity contribution >= 4 is 17.6 Å². The van der Waals surface area contributed by atoms with E-state index >= 15 is 0 Å². The van der Waals surface area contributed by atoms with E-state index in [1.54, 1.807) is 0 Å². The van der Waals surface area contributed by atoms with Gasteiger partial charge in [-0.1, -0.05) is 0 Å². The molecule has 0 amide bonds. The van der Waals surface area contributed by atoms with Crippen LogP contribution < -0.4 is 10.6 Å². The number of alkyl halides is 6. The van der Waals surface area contributed by atoms with Crippen molar-refractivity contribution in [1.82, 2.24) is 24.7 Å². The van der Waals surface area contributed by atoms with E-state index in [2.05, 4.69) is 25.4 Å². The Hall–Kier alpha value is -3.52. The van der Waals surface area contributed by atoms with Crippen molar-refractivity contribution in [3.05, 3.63) is 47.8 Å². The second kappa shape index (κ2) is 7.96. The van der Waals surface area contributed by atoms with Crippen LogP contribution in [0.5, 0.6) is 0 Å². The van der Waals surface area contributed by atoms with Gasteiger partial charge in [0.1, 0.15) is 17.7 Å². The van der Waals surface area contributed by atoms with Crippen LogP contribution in [-0.4, -0.2) is 37.0 Å². The van der Waals surface area contributed by atoms with Crippen molar-refractivity contribution in [2.45, 2.75) is 25.3 Å². The molecular weight excluding hydrogens is 442 g/mol. The van der Waals surface area contributed by atoms with Crippen LogP contribution in [-0.2, 0) is 6.18 Å². The number of hydrogen-bond acceptors (Lipinski definition) is 6. The number of anilines is 3. The number of halogens is 8. The second-order valence-corrected chi connectivity index (χ2v) is 6.12. The molecule has 0 unspecified atom stereocenters. The van der Waals surface area contributed by atoms with Crippen molar-refractivity contribution in [3.63, 3.8) is 0 Å². The quantitative estimate of drug-likeness (QED) is 0.556. The van der Waals surface area contributed by atoms with Crippen molar-refractivity contribution in [2.75, 3.05) is 10.6 Å². The zero-order valence-corrected chi connectivity index (χ0v) is 15.2. The first-order valence-electron chi connectivity index (χ1n) is 8.27. The number of aromatic nitrogens is 5. The molecule has 0 aliphatic rings. The van der Waals surface area contributed by atoms with Gasteiger partial charge in [0.05, 0.1) is 0 Å². The molecule has 0 saturated carbocycles. The highest BCUT2D eigenvalue weighted by molar-refractivity contribution is 5.55. The van der Waals surface area contributed by atoms with Crippen LogP contribution >= 0.6 is 0 Å². The fourth-order valence-corrected chi connectivity index (χ4v) is 2.20. The summed E-state index contributed by atoms with van der Waals surface area (Å²) < 4.78 is 104. The standard InChI is InChI=1S/C16H11F8N7/c1-7(15(19,20)21)25-12-27-13(26-10-5-8(17)4-9(18)6-10)29-14(28-12)31-3-2-11(30-31)16(22,23)24/h2-7H,1H3,(H2,25,26,27,28,29)/t7-/m0/s1. The van der Waals surface area contributed by atoms with Crippen LogP contribution in [0, 0.1) is 11.6 Å². The van der Waals surface area contributed by atoms with Gasteiger partial charge in [0, 0.05) is 18.0 Å². The zero-order valence-electron chi connectivity index (χ0n) is 15.2. The molecule has 0 bridgehead atoms. The molecule has 31 heavy (non-hydrogen) atoms. The molecule has 3 rings (SSSR count). The number of rotatable bonds is 5. The van der Waals surface area contributed by atoms with E-state index in [0.29, 0.717) is 16.8 Å². The van der Waals surface area contributed by atoms with Gasteiger partial charge in [-0.2, -0.15) is 46.4 Å². The maximum Gasteiger partial charge on any atom is 0.435 e. The number of nitrogens with zero attached hydrogens (tertiary/aromatic N) is 5. The fourth-order valence-electron chi connectivity index (χ4n) is 2.20. The van der Waals surface area contributed by atoms with E-state index < -0.39 is 53.6 Å². The lowest BCUT2D eigenvalue weighted by atomic mass is 10.3. The molecule has 166 valence electrons. The molecule has 3 aromatic rings. The number of benzene rings is 1. The lowest BCUT2D eigenvalue weighted by Gasteiger charge is -2.17. The predicted molar refractivity (Wildman–Crippen MR) is 90.7 cm³/mol. The lowest BCUT2D eigenvalue weighted by Crippen LogP contribution is -2.34. The molecule has 15 heteroatoms. The summed E-state index contributed by atoms with van der Waals surface area (Å²) in [6.07, 6.45) is -8.65. The lowest BCUT2D eigenvalue weighted by molar-refractivity contribution is -0.141. The minimum atomic E-state index is -4.79. The van der Waals surface area contributed by atoms with Crippen LogP contribution in [0.4, 0.5) is 52.7 Å². The van der Waals surface area contributed by atoms with E-state index in [1.165, 1.54) is 0 Å². The van der Waals surface area contributed by atoms with E-state index in [0.717, 1.165) is 25.3 Å². The number of hydrogen-bond donors (Lipinski definition) is 2. The highest BCUT2D eigenvalue weighted by Gasteiger charge is 2.37. The Bertz CT molecular complexity index is 1060. The summed E-state index contributed by atoms with van der Waals surface area (Å²) in [5.74, 6) is -3.69. The molecule has 0 fully saturated rings. The van der Waals surface area contributed by atoms with Gasteiger partial charge in [-0.15, -0.1) is 0 Å². The van der Waals surface area contributed by atoms with Gasteiger partial charge in [-0.05, 0) is 25.1 Å². The topological polar surface area (TPSA) is 80.5 Å². The summed E-state index contributed by atoms with van der Waals surface area (Å²) in [7, 11) is 0. The molecule has 0 spiro atoms. The predicted octanol–water partition coefficient (Wildman–Crippen LogP) is 4.46. The van der Waals surface area contributed by atoms with Crippen LogP contribution in [0.1, 0.15) is 12.6 Å². The highest BCUT2D eigenvalue weighted by Crippen LogP contribution is 2.28. The van der Waals surface area contributed by atoms with E-state index in [-0.39, 0.29) is 5.69 Å². The second-order valence-electron chi connectivity index (χ2n) is 6.12. The van der Waals surface area contributed by atoms with Gasteiger partial charge in [0.25, 0.3) is 5.95 Å². The third-order valence-corrected chi connectivity index (χ3v) is 3.66. The molecule has 0 aliphatic carbocycles. The van der Waals surface area contributed by atoms with Crippen molar-refractivity contribution in [1.29, 1.82) is 0 Å². The van der Waals surface area contributed by atoms with Gasteiger partial charge >= 0.3 is 12.4 Å². The summed E-state index contributed by atoms with van der Waals surface area (Å²) >= 11 is 0. The molecule has 7 nitrogen and oxygen atoms in total. The summed E-state index contributed by atoms with van der Waals surface area (Å²) in [5, 5.41) is 7.54. The van der Waals surface area contributed by atoms with E-state index in [9.17, 15) is 35.1 Å². The summed E-state index contributed by atoms with van der Waals surface area (Å²) in [5.41, 5.74) is -1.51. The van der Waals surface area contributed by atoms with E-state index in [1.807, 2.05) is 5.32 Å². The Morgan fingerprint density at radius 2 is 1.52 bits per heavy atom. The molecule has 0 radical (unpaired) electrons. The Morgan fingerprint density at radius 1 is 0.903 bits per heavy atom. The van der Waals surface area contributed by atoms with Gasteiger partial charge < -0.3 is 10.6 Å². The van der Waals surface area contributed by atoms with Crippen LogP contribution in [0.2, 0.25) is 0 Å². The Labute approximate surface area is 168 Å². The summed E-state index contributed by atoms with van der Waals surface area (Å²) in [6, 6.07) is 0.723. The van der Waals surface area contributed by atoms with Crippen molar-refractivity contribution in [3.8, 4) is 5.95 Å². The molecule has 1 atom stereocenters. The fraction of sp³-hybridized carbons (Fsp3) is 0.250. The molecular formula is C16H11F8N7. The Morgan fingerprint density at radius 3 is 2.06 bits per heavy atom. The number of nitrogens with one attached hydrogen (secondary N) is 2. The minimum absolute atomic E-state index is 0.207.